The van der Waals surface area contributed by atoms with Crippen LogP contribution in [-0.4, -0.2) is 17.8 Å². The van der Waals surface area contributed by atoms with Crippen LogP contribution >= 0.6 is 0 Å². The van der Waals surface area contributed by atoms with Crippen LogP contribution < -0.4 is 5.32 Å². The highest BCUT2D eigenvalue weighted by Gasteiger charge is 2.39. The predicted octanol–water partition coefficient (Wildman–Crippen LogP) is 4.26. The molecule has 2 amide bonds. The molecule has 122 valence electrons. The minimum Gasteiger partial charge on any atom is -0.324 e. The van der Waals surface area contributed by atoms with Gasteiger partial charge in [0.05, 0.1) is 11.8 Å². The summed E-state index contributed by atoms with van der Waals surface area (Å²) in [6.45, 7) is 0. The number of nitrogens with one attached hydrogen (secondary N) is 1. The number of allylic oxidation sites excluding steroid dienone is 8. The first-order valence-electron chi connectivity index (χ1n) is 9.14. The van der Waals surface area contributed by atoms with E-state index in [2.05, 4.69) is 46.8 Å². The monoisotopic (exact) mass is 318 g/mol. The largest absolute Gasteiger partial charge is 0.342 e. The summed E-state index contributed by atoms with van der Waals surface area (Å²) in [6.07, 6.45) is 21.7. The molecule has 1 N–H and O–H groups in total. The number of carbonyl (C=O) groups is 1. The molecule has 3 heteroatoms. The lowest BCUT2D eigenvalue weighted by atomic mass is 9.63. The number of rotatable bonds is 1. The molecule has 3 nitrogen and oxygen atoms in total. The predicted molar refractivity (Wildman–Crippen MR) is 95.8 cm³/mol. The molecule has 0 spiro atoms. The Kier molecular flexibility index (Phi) is 3.22. The van der Waals surface area contributed by atoms with Crippen LogP contribution in [0.25, 0.3) is 0 Å². The van der Waals surface area contributed by atoms with Gasteiger partial charge in [0.15, 0.2) is 0 Å². The van der Waals surface area contributed by atoms with E-state index < -0.39 is 0 Å². The molecular weight excluding hydrogens is 296 g/mol. The zero-order chi connectivity index (χ0) is 16.1. The highest BCUT2D eigenvalue weighted by Crippen LogP contribution is 2.48. The van der Waals surface area contributed by atoms with E-state index in [1.54, 1.807) is 5.57 Å². The fourth-order valence-corrected chi connectivity index (χ4v) is 5.16. The van der Waals surface area contributed by atoms with Gasteiger partial charge < -0.3 is 5.32 Å². The van der Waals surface area contributed by atoms with Crippen molar-refractivity contribution in [1.29, 1.82) is 0 Å². The van der Waals surface area contributed by atoms with Crippen molar-refractivity contribution in [2.45, 2.75) is 38.1 Å². The molecule has 0 saturated heterocycles. The van der Waals surface area contributed by atoms with Crippen LogP contribution in [0.1, 0.15) is 32.1 Å². The van der Waals surface area contributed by atoms with Crippen molar-refractivity contribution in [3.8, 4) is 0 Å². The summed E-state index contributed by atoms with van der Waals surface area (Å²) in [6, 6.07) is -0.174. The van der Waals surface area contributed by atoms with Gasteiger partial charge in [0, 0.05) is 0 Å². The maximum atomic E-state index is 11.7. The second kappa shape index (κ2) is 5.44. The molecule has 1 aliphatic heterocycles. The van der Waals surface area contributed by atoms with E-state index in [9.17, 15) is 4.79 Å². The number of hydrogen-bond donors (Lipinski definition) is 1. The molecule has 4 unspecified atom stereocenters. The Labute approximate surface area is 142 Å². The maximum absolute atomic E-state index is 11.7. The Morgan fingerprint density at radius 1 is 1.08 bits per heavy atom. The van der Waals surface area contributed by atoms with Crippen LogP contribution in [0.4, 0.5) is 4.79 Å². The van der Waals surface area contributed by atoms with Gasteiger partial charge in [0.1, 0.15) is 0 Å². The Morgan fingerprint density at radius 2 is 2.04 bits per heavy atom. The molecule has 1 heterocycles. The van der Waals surface area contributed by atoms with Gasteiger partial charge in [-0.25, -0.2) is 4.79 Å². The minimum atomic E-state index is -0.191. The smallest absolute Gasteiger partial charge is 0.324 e. The molecule has 1 fully saturated rings. The average Bonchev–Trinajstić information content (AvgIpc) is 3.01. The topological polar surface area (TPSA) is 41.5 Å². The highest BCUT2D eigenvalue weighted by atomic mass is 16.2. The number of urea groups is 1. The van der Waals surface area contributed by atoms with Gasteiger partial charge >= 0.3 is 6.03 Å². The van der Waals surface area contributed by atoms with E-state index in [4.69, 9.17) is 0 Å². The second-order valence-corrected chi connectivity index (χ2v) is 7.52. The fraction of sp³-hybridized carbons (Fsp3) is 0.429. The summed E-state index contributed by atoms with van der Waals surface area (Å²) >= 11 is 0. The van der Waals surface area contributed by atoms with Gasteiger partial charge in [-0.2, -0.15) is 4.99 Å². The molecule has 5 aliphatic rings. The summed E-state index contributed by atoms with van der Waals surface area (Å²) in [5.74, 6) is 1.93. The summed E-state index contributed by atoms with van der Waals surface area (Å²) in [7, 11) is 0. The van der Waals surface area contributed by atoms with Crippen molar-refractivity contribution in [3.05, 3.63) is 59.3 Å². The van der Waals surface area contributed by atoms with Gasteiger partial charge in [0.2, 0.25) is 0 Å². The van der Waals surface area contributed by atoms with Gasteiger partial charge in [-0.15, -0.1) is 0 Å². The lowest BCUT2D eigenvalue weighted by molar-refractivity contribution is 0.249. The van der Waals surface area contributed by atoms with E-state index >= 15 is 0 Å². The van der Waals surface area contributed by atoms with E-state index in [-0.39, 0.29) is 12.1 Å². The van der Waals surface area contributed by atoms with Gasteiger partial charge in [0.25, 0.3) is 0 Å². The summed E-state index contributed by atoms with van der Waals surface area (Å²) in [4.78, 5) is 15.8. The first-order chi connectivity index (χ1) is 11.8. The van der Waals surface area contributed by atoms with Crippen LogP contribution in [0.3, 0.4) is 0 Å². The van der Waals surface area contributed by atoms with E-state index in [0.29, 0.717) is 17.8 Å². The van der Waals surface area contributed by atoms with E-state index in [0.717, 1.165) is 5.71 Å². The summed E-state index contributed by atoms with van der Waals surface area (Å²) in [5, 5.41) is 3.03. The molecule has 4 aliphatic carbocycles. The third-order valence-electron chi connectivity index (χ3n) is 6.31. The van der Waals surface area contributed by atoms with Gasteiger partial charge in [-0.05, 0) is 67.1 Å². The number of nitrogens with zero attached hydrogens (tertiary/aromatic N) is 1. The van der Waals surface area contributed by atoms with Gasteiger partial charge in [-0.1, -0.05) is 42.0 Å². The molecule has 0 radical (unpaired) electrons. The number of carbonyl (C=O) groups excluding carboxylic acids is 1. The van der Waals surface area contributed by atoms with E-state index in [1.165, 1.54) is 43.3 Å². The van der Waals surface area contributed by atoms with Crippen molar-refractivity contribution in [1.82, 2.24) is 5.32 Å². The Morgan fingerprint density at radius 3 is 3.00 bits per heavy atom. The Bertz CT molecular complexity index is 778. The molecule has 5 rings (SSSR count). The highest BCUT2D eigenvalue weighted by molar-refractivity contribution is 6.13. The summed E-state index contributed by atoms with van der Waals surface area (Å²) < 4.78 is 0. The van der Waals surface area contributed by atoms with Crippen molar-refractivity contribution in [2.75, 3.05) is 0 Å². The van der Waals surface area contributed by atoms with Crippen molar-refractivity contribution >= 4 is 11.7 Å². The van der Waals surface area contributed by atoms with Crippen LogP contribution in [0.15, 0.2) is 64.2 Å². The third kappa shape index (κ3) is 2.18. The average molecular weight is 318 g/mol. The quantitative estimate of drug-likeness (QED) is 0.771. The Hall–Kier alpha value is -2.16. The van der Waals surface area contributed by atoms with Gasteiger partial charge in [-0.3, -0.25) is 0 Å². The van der Waals surface area contributed by atoms with Crippen LogP contribution in [0, 0.1) is 17.8 Å². The maximum Gasteiger partial charge on any atom is 0.342 e. The summed E-state index contributed by atoms with van der Waals surface area (Å²) in [5.41, 5.74) is 5.42. The zero-order valence-corrected chi connectivity index (χ0v) is 13.7. The number of amides is 2. The molecule has 0 aromatic heterocycles. The lowest BCUT2D eigenvalue weighted by Crippen LogP contribution is -2.39. The third-order valence-corrected chi connectivity index (χ3v) is 6.31. The molecule has 0 bridgehead atoms. The second-order valence-electron chi connectivity index (χ2n) is 7.52. The molecular formula is C21H22N2O. The normalized spacial score (nSPS) is 36.6. The fourth-order valence-electron chi connectivity index (χ4n) is 5.16. The van der Waals surface area contributed by atoms with Crippen molar-refractivity contribution in [2.24, 2.45) is 22.7 Å². The number of hydrogen-bond acceptors (Lipinski definition) is 1. The molecule has 0 aromatic rings. The van der Waals surface area contributed by atoms with E-state index in [1.807, 2.05) is 6.08 Å². The molecule has 4 atom stereocenters. The number of fused-ring (bicyclic) bond motifs is 4. The molecule has 1 saturated carbocycles. The zero-order valence-electron chi connectivity index (χ0n) is 13.7. The standard InChI is InChI=1S/C21H22N2O/c24-21-22-19-7-3-6-17(20(19)23-21)15-11-10-14-9-8-13-4-1-2-5-16(13)18(14)12-15/h1,3-4,6-9,15-16,18,20H,2,5,10-12H2,(H,23,24). The number of aliphatic imine (C=N–C) groups is 1. The van der Waals surface area contributed by atoms with Crippen molar-refractivity contribution < 1.29 is 4.79 Å². The van der Waals surface area contributed by atoms with Crippen molar-refractivity contribution in [3.63, 3.8) is 0 Å². The first kappa shape index (κ1) is 14.2. The SMILES string of the molecule is O=C1N=C2C=CC=C(C3CCC4=CC=C5C=CCCC5C4C3)C2N1. The van der Waals surface area contributed by atoms with Crippen LogP contribution in [-0.2, 0) is 0 Å². The van der Waals surface area contributed by atoms with Crippen LogP contribution in [0.5, 0.6) is 0 Å². The Balaban J connectivity index is 1.42. The molecule has 24 heavy (non-hydrogen) atoms. The minimum absolute atomic E-state index is 0.0166. The van der Waals surface area contributed by atoms with Crippen LogP contribution in [0.2, 0.25) is 0 Å². The first-order valence-corrected chi connectivity index (χ1v) is 9.14. The molecule has 0 aromatic carbocycles. The lowest BCUT2D eigenvalue weighted by Gasteiger charge is -2.42.